The van der Waals surface area contributed by atoms with Gasteiger partial charge in [0.2, 0.25) is 6.29 Å². The van der Waals surface area contributed by atoms with Crippen molar-refractivity contribution in [2.45, 2.75) is 25.7 Å². The smallest absolute Gasteiger partial charge is 0.330 e. The third-order valence-corrected chi connectivity index (χ3v) is 1.97. The van der Waals surface area contributed by atoms with E-state index in [-0.39, 0.29) is 25.7 Å². The van der Waals surface area contributed by atoms with Crippen molar-refractivity contribution in [3.63, 3.8) is 0 Å². The van der Waals surface area contributed by atoms with E-state index in [0.29, 0.717) is 6.61 Å². The summed E-state index contributed by atoms with van der Waals surface area (Å²) in [6.45, 7) is 5.74. The molecule has 1 heterocycles. The van der Waals surface area contributed by atoms with Gasteiger partial charge in [0.15, 0.2) is 0 Å². The van der Waals surface area contributed by atoms with Crippen molar-refractivity contribution in [1.82, 2.24) is 0 Å². The van der Waals surface area contributed by atoms with E-state index in [4.69, 9.17) is 14.2 Å². The maximum Gasteiger partial charge on any atom is 0.330 e. The van der Waals surface area contributed by atoms with Crippen LogP contribution in [0.15, 0.2) is 12.7 Å². The molecule has 6 heteroatoms. The Balaban J connectivity index is 2.15. The van der Waals surface area contributed by atoms with Crippen LogP contribution in [-0.4, -0.2) is 44.2 Å². The van der Waals surface area contributed by atoms with Crippen LogP contribution in [0.4, 0.5) is 0 Å². The second-order valence-corrected chi connectivity index (χ2v) is 3.53. The molecule has 1 rings (SSSR count). The lowest BCUT2D eigenvalue weighted by atomic mass is 10.4. The van der Waals surface area contributed by atoms with E-state index in [1.54, 1.807) is 0 Å². The maximum atomic E-state index is 11.3. The van der Waals surface area contributed by atoms with E-state index in [2.05, 4.69) is 11.3 Å². The average molecular weight is 244 g/mol. The first-order valence-electron chi connectivity index (χ1n) is 5.33. The summed E-state index contributed by atoms with van der Waals surface area (Å²) in [5.41, 5.74) is 0. The highest BCUT2D eigenvalue weighted by atomic mass is 16.7. The van der Waals surface area contributed by atoms with E-state index in [1.165, 1.54) is 0 Å². The van der Waals surface area contributed by atoms with Crippen molar-refractivity contribution in [1.29, 1.82) is 0 Å². The summed E-state index contributed by atoms with van der Waals surface area (Å²) in [4.78, 5) is 22.0. The third-order valence-electron chi connectivity index (χ3n) is 1.97. The van der Waals surface area contributed by atoms with Crippen LogP contribution in [-0.2, 0) is 28.5 Å². The highest BCUT2D eigenvalue weighted by molar-refractivity contribution is 5.81. The van der Waals surface area contributed by atoms with Gasteiger partial charge in [0.25, 0.3) is 0 Å². The summed E-state index contributed by atoms with van der Waals surface area (Å²) in [5.74, 6) is -1.06. The number of ether oxygens (including phenoxy) is 4. The summed E-state index contributed by atoms with van der Waals surface area (Å²) in [5, 5.41) is 0. The molecule has 0 aromatic heterocycles. The minimum Gasteiger partial charge on any atom is -0.462 e. The Hall–Kier alpha value is -1.40. The standard InChI is InChI=1S/C11H16O6/c1-3-9(12)15-5-4-10(13)17-11-7-14-6-8(2)16-11/h3,8,11H,1,4-7H2,2H3. The molecule has 1 aliphatic rings. The highest BCUT2D eigenvalue weighted by Gasteiger charge is 2.23. The first-order chi connectivity index (χ1) is 8.11. The van der Waals surface area contributed by atoms with E-state index < -0.39 is 18.2 Å². The topological polar surface area (TPSA) is 71.1 Å². The van der Waals surface area contributed by atoms with E-state index in [0.717, 1.165) is 6.08 Å². The van der Waals surface area contributed by atoms with E-state index in [9.17, 15) is 9.59 Å². The molecule has 2 atom stereocenters. The first-order valence-corrected chi connectivity index (χ1v) is 5.33. The minimum atomic E-state index is -0.679. The molecule has 0 aromatic rings. The molecule has 6 nitrogen and oxygen atoms in total. The lowest BCUT2D eigenvalue weighted by molar-refractivity contribution is -0.234. The van der Waals surface area contributed by atoms with E-state index in [1.807, 2.05) is 6.92 Å². The molecule has 0 bridgehead atoms. The summed E-state index contributed by atoms with van der Waals surface area (Å²) >= 11 is 0. The summed E-state index contributed by atoms with van der Waals surface area (Å²) in [6, 6.07) is 0. The third kappa shape index (κ3) is 5.46. The first kappa shape index (κ1) is 13.7. The number of hydrogen-bond donors (Lipinski definition) is 0. The number of rotatable bonds is 5. The predicted octanol–water partition coefficient (Wildman–Crippen LogP) is 0.410. The van der Waals surface area contributed by atoms with Gasteiger partial charge < -0.3 is 18.9 Å². The second-order valence-electron chi connectivity index (χ2n) is 3.53. The molecule has 0 amide bonds. The van der Waals surface area contributed by atoms with Crippen LogP contribution in [0.3, 0.4) is 0 Å². The molecule has 0 aliphatic carbocycles. The van der Waals surface area contributed by atoms with Gasteiger partial charge in [-0.1, -0.05) is 6.58 Å². The molecule has 17 heavy (non-hydrogen) atoms. The van der Waals surface area contributed by atoms with Gasteiger partial charge in [0.1, 0.15) is 13.2 Å². The Bertz CT molecular complexity index is 288. The van der Waals surface area contributed by atoms with Crippen molar-refractivity contribution >= 4 is 11.9 Å². The lowest BCUT2D eigenvalue weighted by Crippen LogP contribution is -2.37. The Morgan fingerprint density at radius 2 is 2.24 bits per heavy atom. The van der Waals surface area contributed by atoms with Crippen LogP contribution < -0.4 is 0 Å². The van der Waals surface area contributed by atoms with Gasteiger partial charge in [-0.05, 0) is 6.92 Å². The highest BCUT2D eigenvalue weighted by Crippen LogP contribution is 2.09. The van der Waals surface area contributed by atoms with E-state index >= 15 is 0 Å². The molecular weight excluding hydrogens is 228 g/mol. The molecule has 1 aliphatic heterocycles. The summed E-state index contributed by atoms with van der Waals surface area (Å²) in [6.07, 6.45) is 0.236. The van der Waals surface area contributed by atoms with Crippen molar-refractivity contribution in [3.05, 3.63) is 12.7 Å². The molecule has 96 valence electrons. The van der Waals surface area contributed by atoms with Gasteiger partial charge in [0.05, 0.1) is 19.1 Å². The maximum absolute atomic E-state index is 11.3. The number of carbonyl (C=O) groups excluding carboxylic acids is 2. The summed E-state index contributed by atoms with van der Waals surface area (Å²) < 4.78 is 20.1. The van der Waals surface area contributed by atoms with Crippen molar-refractivity contribution in [2.75, 3.05) is 19.8 Å². The van der Waals surface area contributed by atoms with Crippen LogP contribution in [0.25, 0.3) is 0 Å². The molecule has 0 radical (unpaired) electrons. The number of carbonyl (C=O) groups is 2. The Morgan fingerprint density at radius 3 is 2.88 bits per heavy atom. The molecule has 1 saturated heterocycles. The van der Waals surface area contributed by atoms with Crippen LogP contribution in [0.5, 0.6) is 0 Å². The normalized spacial score (nSPS) is 23.8. The van der Waals surface area contributed by atoms with Crippen LogP contribution in [0.2, 0.25) is 0 Å². The fourth-order valence-electron chi connectivity index (χ4n) is 1.23. The lowest BCUT2D eigenvalue weighted by Gasteiger charge is -2.27. The monoisotopic (exact) mass is 244 g/mol. The minimum absolute atomic E-state index is 0.0200. The zero-order valence-electron chi connectivity index (χ0n) is 9.72. The molecule has 0 N–H and O–H groups in total. The van der Waals surface area contributed by atoms with Crippen LogP contribution in [0.1, 0.15) is 13.3 Å². The SMILES string of the molecule is C=CC(=O)OCCC(=O)OC1COCC(C)O1. The molecule has 2 unspecified atom stereocenters. The Labute approximate surface area is 99.5 Å². The van der Waals surface area contributed by atoms with Gasteiger partial charge in [-0.3, -0.25) is 4.79 Å². The average Bonchev–Trinajstić information content (AvgIpc) is 2.28. The molecule has 0 spiro atoms. The number of esters is 2. The van der Waals surface area contributed by atoms with Crippen molar-refractivity contribution < 1.29 is 28.5 Å². The fourth-order valence-corrected chi connectivity index (χ4v) is 1.23. The zero-order chi connectivity index (χ0) is 12.7. The Kier molecular flexibility index (Phi) is 5.65. The fraction of sp³-hybridized carbons (Fsp3) is 0.636. The van der Waals surface area contributed by atoms with Crippen molar-refractivity contribution in [2.24, 2.45) is 0 Å². The van der Waals surface area contributed by atoms with Gasteiger partial charge >= 0.3 is 11.9 Å². The van der Waals surface area contributed by atoms with Gasteiger partial charge in [-0.2, -0.15) is 0 Å². The second kappa shape index (κ2) is 7.03. The molecule has 1 fully saturated rings. The van der Waals surface area contributed by atoms with Crippen LogP contribution in [0, 0.1) is 0 Å². The van der Waals surface area contributed by atoms with Gasteiger partial charge in [-0.15, -0.1) is 0 Å². The van der Waals surface area contributed by atoms with Gasteiger partial charge in [0, 0.05) is 6.08 Å². The zero-order valence-corrected chi connectivity index (χ0v) is 9.72. The van der Waals surface area contributed by atoms with Crippen molar-refractivity contribution in [3.8, 4) is 0 Å². The molecular formula is C11H16O6. The largest absolute Gasteiger partial charge is 0.462 e. The molecule has 0 aromatic carbocycles. The predicted molar refractivity (Wildman–Crippen MR) is 57.0 cm³/mol. The molecule has 0 saturated carbocycles. The Morgan fingerprint density at radius 1 is 1.47 bits per heavy atom. The quantitative estimate of drug-likeness (QED) is 0.515. The summed E-state index contributed by atoms with van der Waals surface area (Å²) in [7, 11) is 0. The van der Waals surface area contributed by atoms with Crippen LogP contribution >= 0.6 is 0 Å². The van der Waals surface area contributed by atoms with Gasteiger partial charge in [-0.25, -0.2) is 4.79 Å². The number of hydrogen-bond acceptors (Lipinski definition) is 6.